The highest BCUT2D eigenvalue weighted by Crippen LogP contribution is 2.15. The summed E-state index contributed by atoms with van der Waals surface area (Å²) in [6.45, 7) is 3.79. The van der Waals surface area contributed by atoms with Gasteiger partial charge in [0.1, 0.15) is 5.75 Å². The fourth-order valence-electron chi connectivity index (χ4n) is 2.00. The van der Waals surface area contributed by atoms with E-state index >= 15 is 0 Å². The van der Waals surface area contributed by atoms with Crippen molar-refractivity contribution in [2.75, 3.05) is 26.3 Å². The third-order valence-corrected chi connectivity index (χ3v) is 2.92. The van der Waals surface area contributed by atoms with Crippen molar-refractivity contribution >= 4 is 0 Å². The van der Waals surface area contributed by atoms with E-state index in [1.54, 1.807) is 12.1 Å². The molecule has 0 aromatic heterocycles. The number of hydrogen-bond acceptors (Lipinski definition) is 4. The van der Waals surface area contributed by atoms with Crippen molar-refractivity contribution < 1.29 is 9.84 Å². The van der Waals surface area contributed by atoms with Crippen LogP contribution < -0.4 is 5.73 Å². The molecule has 16 heavy (non-hydrogen) atoms. The lowest BCUT2D eigenvalue weighted by Crippen LogP contribution is -2.48. The number of rotatable bonds is 3. The zero-order chi connectivity index (χ0) is 11.4. The zero-order valence-corrected chi connectivity index (χ0v) is 9.30. The Morgan fingerprint density at radius 1 is 1.50 bits per heavy atom. The summed E-state index contributed by atoms with van der Waals surface area (Å²) in [5, 5.41) is 9.40. The highest BCUT2D eigenvalue weighted by molar-refractivity contribution is 5.27. The molecule has 1 aliphatic rings. The number of benzene rings is 1. The van der Waals surface area contributed by atoms with Crippen molar-refractivity contribution in [2.45, 2.75) is 12.6 Å². The summed E-state index contributed by atoms with van der Waals surface area (Å²) in [6, 6.07) is 7.65. The number of nitrogens with two attached hydrogens (primary N) is 1. The molecule has 0 amide bonds. The third-order valence-electron chi connectivity index (χ3n) is 2.92. The Labute approximate surface area is 95.6 Å². The predicted octanol–water partition coefficient (Wildman–Crippen LogP) is 0.552. The van der Waals surface area contributed by atoms with Crippen molar-refractivity contribution in [3.63, 3.8) is 0 Å². The Morgan fingerprint density at radius 2 is 2.38 bits per heavy atom. The van der Waals surface area contributed by atoms with E-state index in [1.165, 1.54) is 0 Å². The number of phenolic OH excluding ortho intramolecular Hbond substituents is 1. The van der Waals surface area contributed by atoms with E-state index in [2.05, 4.69) is 4.90 Å². The molecule has 0 saturated carbocycles. The van der Waals surface area contributed by atoms with Gasteiger partial charge in [0.15, 0.2) is 0 Å². The molecule has 1 fully saturated rings. The summed E-state index contributed by atoms with van der Waals surface area (Å²) in [4.78, 5) is 2.30. The van der Waals surface area contributed by atoms with Gasteiger partial charge in [-0.1, -0.05) is 12.1 Å². The molecular formula is C12H18N2O2. The minimum Gasteiger partial charge on any atom is -0.508 e. The molecule has 1 aromatic rings. The van der Waals surface area contributed by atoms with Crippen LogP contribution >= 0.6 is 0 Å². The maximum absolute atomic E-state index is 9.40. The molecule has 88 valence electrons. The lowest BCUT2D eigenvalue weighted by molar-refractivity contribution is -0.00794. The monoisotopic (exact) mass is 222 g/mol. The third kappa shape index (κ3) is 2.72. The minimum atomic E-state index is 0.288. The first-order chi connectivity index (χ1) is 7.79. The molecule has 0 radical (unpaired) electrons. The van der Waals surface area contributed by atoms with Gasteiger partial charge in [0.05, 0.1) is 13.2 Å². The summed E-state index contributed by atoms with van der Waals surface area (Å²) >= 11 is 0. The number of aromatic hydroxyl groups is 1. The van der Waals surface area contributed by atoms with Gasteiger partial charge in [-0.3, -0.25) is 4.90 Å². The molecule has 4 nitrogen and oxygen atoms in total. The number of phenols is 1. The van der Waals surface area contributed by atoms with E-state index in [0.29, 0.717) is 18.9 Å². The zero-order valence-electron chi connectivity index (χ0n) is 9.30. The van der Waals surface area contributed by atoms with E-state index in [4.69, 9.17) is 10.5 Å². The maximum atomic E-state index is 9.40. The van der Waals surface area contributed by atoms with Crippen molar-refractivity contribution in [1.82, 2.24) is 4.90 Å². The van der Waals surface area contributed by atoms with Crippen LogP contribution in [0.5, 0.6) is 5.75 Å². The van der Waals surface area contributed by atoms with Gasteiger partial charge < -0.3 is 15.6 Å². The molecule has 1 heterocycles. The summed E-state index contributed by atoms with van der Waals surface area (Å²) in [6.07, 6.45) is 0. The number of ether oxygens (including phenoxy) is 1. The fraction of sp³-hybridized carbons (Fsp3) is 0.500. The summed E-state index contributed by atoms with van der Waals surface area (Å²) in [7, 11) is 0. The second-order valence-electron chi connectivity index (χ2n) is 4.10. The van der Waals surface area contributed by atoms with Crippen LogP contribution in [0.2, 0.25) is 0 Å². The molecule has 0 bridgehead atoms. The van der Waals surface area contributed by atoms with Crippen LogP contribution in [0.1, 0.15) is 5.56 Å². The Bertz CT molecular complexity index is 344. The average molecular weight is 222 g/mol. The van der Waals surface area contributed by atoms with Gasteiger partial charge in [-0.2, -0.15) is 0 Å². The van der Waals surface area contributed by atoms with Crippen LogP contribution in [0.25, 0.3) is 0 Å². The van der Waals surface area contributed by atoms with Crippen LogP contribution in [0.4, 0.5) is 0 Å². The average Bonchev–Trinajstić information content (AvgIpc) is 2.30. The standard InChI is InChI=1S/C12H18N2O2/c13-7-11-9-16-5-4-14(11)8-10-2-1-3-12(15)6-10/h1-3,6,11,15H,4-5,7-9,13H2. The highest BCUT2D eigenvalue weighted by atomic mass is 16.5. The van der Waals surface area contributed by atoms with Crippen LogP contribution in [0.15, 0.2) is 24.3 Å². The molecule has 1 aliphatic heterocycles. The first kappa shape index (κ1) is 11.4. The highest BCUT2D eigenvalue weighted by Gasteiger charge is 2.21. The van der Waals surface area contributed by atoms with Crippen LogP contribution in [0.3, 0.4) is 0 Å². The van der Waals surface area contributed by atoms with Gasteiger partial charge in [0.2, 0.25) is 0 Å². The molecule has 1 unspecified atom stereocenters. The number of morpholine rings is 1. The first-order valence-electron chi connectivity index (χ1n) is 5.59. The van der Waals surface area contributed by atoms with E-state index in [0.717, 1.165) is 25.3 Å². The fourth-order valence-corrected chi connectivity index (χ4v) is 2.00. The topological polar surface area (TPSA) is 58.7 Å². The SMILES string of the molecule is NCC1COCCN1Cc1cccc(O)c1. The van der Waals surface area contributed by atoms with Crippen LogP contribution in [-0.2, 0) is 11.3 Å². The van der Waals surface area contributed by atoms with Gasteiger partial charge in [0.25, 0.3) is 0 Å². The second kappa shape index (κ2) is 5.30. The number of hydrogen-bond donors (Lipinski definition) is 2. The van der Waals surface area contributed by atoms with Crippen molar-refractivity contribution in [1.29, 1.82) is 0 Å². The van der Waals surface area contributed by atoms with Gasteiger partial charge >= 0.3 is 0 Å². The summed E-state index contributed by atoms with van der Waals surface area (Å²) in [5.74, 6) is 0.315. The minimum absolute atomic E-state index is 0.288. The molecule has 1 atom stereocenters. The molecule has 1 aromatic carbocycles. The van der Waals surface area contributed by atoms with Crippen molar-refractivity contribution in [3.05, 3.63) is 29.8 Å². The Hall–Kier alpha value is -1.10. The van der Waals surface area contributed by atoms with Gasteiger partial charge in [-0.05, 0) is 17.7 Å². The van der Waals surface area contributed by atoms with Gasteiger partial charge in [0, 0.05) is 25.7 Å². The molecule has 0 aliphatic carbocycles. The van der Waals surface area contributed by atoms with E-state index < -0.39 is 0 Å². The van der Waals surface area contributed by atoms with Crippen molar-refractivity contribution in [3.8, 4) is 5.75 Å². The van der Waals surface area contributed by atoms with Crippen molar-refractivity contribution in [2.24, 2.45) is 5.73 Å². The van der Waals surface area contributed by atoms with E-state index in [-0.39, 0.29) is 6.04 Å². The Balaban J connectivity index is 2.02. The smallest absolute Gasteiger partial charge is 0.115 e. The predicted molar refractivity (Wildman–Crippen MR) is 62.2 cm³/mol. The largest absolute Gasteiger partial charge is 0.508 e. The van der Waals surface area contributed by atoms with E-state index in [9.17, 15) is 5.11 Å². The molecule has 0 spiro atoms. The molecule has 3 N–H and O–H groups in total. The Morgan fingerprint density at radius 3 is 3.12 bits per heavy atom. The summed E-state index contributed by atoms with van der Waals surface area (Å²) < 4.78 is 5.39. The molecule has 4 heteroatoms. The van der Waals surface area contributed by atoms with Crippen LogP contribution in [-0.4, -0.2) is 42.4 Å². The van der Waals surface area contributed by atoms with Gasteiger partial charge in [-0.15, -0.1) is 0 Å². The summed E-state index contributed by atoms with van der Waals surface area (Å²) in [5.41, 5.74) is 6.82. The molecule has 2 rings (SSSR count). The lowest BCUT2D eigenvalue weighted by atomic mass is 10.1. The first-order valence-corrected chi connectivity index (χ1v) is 5.59. The lowest BCUT2D eigenvalue weighted by Gasteiger charge is -2.34. The normalized spacial score (nSPS) is 22.2. The van der Waals surface area contributed by atoms with Crippen LogP contribution in [0, 0.1) is 0 Å². The van der Waals surface area contributed by atoms with Gasteiger partial charge in [-0.25, -0.2) is 0 Å². The molecule has 1 saturated heterocycles. The quantitative estimate of drug-likeness (QED) is 0.784. The Kier molecular flexibility index (Phi) is 3.77. The maximum Gasteiger partial charge on any atom is 0.115 e. The van der Waals surface area contributed by atoms with E-state index in [1.807, 2.05) is 12.1 Å². The molecular weight excluding hydrogens is 204 g/mol. The second-order valence-corrected chi connectivity index (χ2v) is 4.10. The number of nitrogens with zero attached hydrogens (tertiary/aromatic N) is 1.